The lowest BCUT2D eigenvalue weighted by Gasteiger charge is -2.43. The molecule has 3 atom stereocenters. The van der Waals surface area contributed by atoms with E-state index in [0.717, 1.165) is 116 Å². The molecular weight excluding hydrogens is 735 g/mol. The molecule has 7 heterocycles. The summed E-state index contributed by atoms with van der Waals surface area (Å²) in [4.78, 5) is 51.2. The minimum absolute atomic E-state index is 0.0374. The molecular formula is C44H51N9O5. The number of aromatic nitrogens is 3. The molecule has 14 nitrogen and oxygen atoms in total. The Morgan fingerprint density at radius 2 is 1.81 bits per heavy atom. The monoisotopic (exact) mass is 785 g/mol. The lowest BCUT2D eigenvalue weighted by atomic mass is 9.90. The van der Waals surface area contributed by atoms with Crippen molar-refractivity contribution in [1.29, 1.82) is 0 Å². The minimum atomic E-state index is -0.609. The molecule has 0 spiro atoms. The van der Waals surface area contributed by atoms with Crippen LogP contribution in [0.15, 0.2) is 60.8 Å². The van der Waals surface area contributed by atoms with E-state index < -0.39 is 6.04 Å². The molecule has 0 unspecified atom stereocenters. The summed E-state index contributed by atoms with van der Waals surface area (Å²) in [5.74, 6) is 1.47. The molecule has 5 aliphatic heterocycles. The fraction of sp³-hybridized carbons (Fsp3) is 0.455. The van der Waals surface area contributed by atoms with Gasteiger partial charge in [-0.1, -0.05) is 32.0 Å². The number of benzene rings is 2. The molecule has 58 heavy (non-hydrogen) atoms. The topological polar surface area (TPSA) is 145 Å². The van der Waals surface area contributed by atoms with Gasteiger partial charge >= 0.3 is 0 Å². The van der Waals surface area contributed by atoms with E-state index in [1.54, 1.807) is 4.90 Å². The summed E-state index contributed by atoms with van der Waals surface area (Å²) in [5.41, 5.74) is 7.40. The standard InChI is InChI=1S/C44H51N9O5/c1-4-18-57-38-9-7-6-8-33(38)35-21-37-40(49-48-35)46-27-44(5-2)22-32(26-53(37)44)58-42-28(3)19-29(23-45-42)24-50-14-16-51(17-15-50)31-11-10-30-25-52(43(56)34(30)20-31)36-12-13-39(54)47-41(36)55/h6-11,19-21,23,32,36H,4-5,12-18,22,24-27H2,1-3H3,(H,46,49)(H,47,54,55)/t32-,36+,44+/m1/s1. The smallest absolute Gasteiger partial charge is 0.255 e. The Morgan fingerprint density at radius 1 is 0.966 bits per heavy atom. The van der Waals surface area contributed by atoms with Gasteiger partial charge in [0, 0.05) is 87.2 Å². The number of ether oxygens (including phenoxy) is 2. The number of amides is 3. The van der Waals surface area contributed by atoms with E-state index in [4.69, 9.17) is 14.5 Å². The average molecular weight is 786 g/mol. The highest BCUT2D eigenvalue weighted by Crippen LogP contribution is 2.45. The number of anilines is 3. The first kappa shape index (κ1) is 37.8. The molecule has 302 valence electrons. The molecule has 5 aliphatic rings. The number of carbonyl (C=O) groups excluding carboxylic acids is 3. The minimum Gasteiger partial charge on any atom is -0.493 e. The van der Waals surface area contributed by atoms with E-state index in [9.17, 15) is 14.4 Å². The Morgan fingerprint density at radius 3 is 2.60 bits per heavy atom. The largest absolute Gasteiger partial charge is 0.493 e. The van der Waals surface area contributed by atoms with Crippen molar-refractivity contribution in [2.24, 2.45) is 0 Å². The third kappa shape index (κ3) is 7.07. The van der Waals surface area contributed by atoms with E-state index >= 15 is 0 Å². The summed E-state index contributed by atoms with van der Waals surface area (Å²) in [6.07, 6.45) is 5.27. The SMILES string of the molecule is CCCOc1ccccc1-c1cc2c(nn1)NC[C@]1(CC)C[C@@H](Oc3ncc(CN4CCN(c5ccc6c(c5)C(=O)N([C@H]5CCC(=O)NC5=O)C6)CC4)cc3C)CN21. The number of para-hydroxylation sites is 1. The molecule has 4 aromatic rings. The molecule has 2 aromatic carbocycles. The third-order valence-corrected chi connectivity index (χ3v) is 12.5. The van der Waals surface area contributed by atoms with Crippen molar-refractivity contribution >= 4 is 34.9 Å². The first-order valence-electron chi connectivity index (χ1n) is 20.7. The van der Waals surface area contributed by atoms with Crippen molar-refractivity contribution in [3.8, 4) is 22.9 Å². The Bertz CT molecular complexity index is 2240. The van der Waals surface area contributed by atoms with Gasteiger partial charge in [-0.3, -0.25) is 24.6 Å². The first-order valence-corrected chi connectivity index (χ1v) is 20.7. The van der Waals surface area contributed by atoms with Crippen LogP contribution in [-0.2, 0) is 22.7 Å². The van der Waals surface area contributed by atoms with Crippen LogP contribution in [0.3, 0.4) is 0 Å². The van der Waals surface area contributed by atoms with Crippen LogP contribution in [0, 0.1) is 6.92 Å². The number of piperazine rings is 1. The van der Waals surface area contributed by atoms with Crippen LogP contribution < -0.4 is 29.9 Å². The van der Waals surface area contributed by atoms with Crippen LogP contribution in [0.2, 0.25) is 0 Å². The molecule has 2 N–H and O–H groups in total. The van der Waals surface area contributed by atoms with E-state index in [0.29, 0.717) is 31.0 Å². The van der Waals surface area contributed by atoms with Gasteiger partial charge in [-0.05, 0) is 73.7 Å². The molecule has 3 saturated heterocycles. The van der Waals surface area contributed by atoms with Crippen molar-refractivity contribution in [2.45, 2.75) is 83.6 Å². The van der Waals surface area contributed by atoms with Crippen LogP contribution in [0.4, 0.5) is 17.2 Å². The Balaban J connectivity index is 0.817. The van der Waals surface area contributed by atoms with Gasteiger partial charge in [-0.15, -0.1) is 10.2 Å². The van der Waals surface area contributed by atoms with Crippen molar-refractivity contribution in [3.63, 3.8) is 0 Å². The quantitative estimate of drug-likeness (QED) is 0.199. The van der Waals surface area contributed by atoms with Gasteiger partial charge in [0.15, 0.2) is 5.82 Å². The lowest BCUT2D eigenvalue weighted by molar-refractivity contribution is -0.136. The molecule has 3 amide bonds. The molecule has 2 aromatic heterocycles. The Kier molecular flexibility index (Phi) is 10.1. The molecule has 3 fully saturated rings. The predicted octanol–water partition coefficient (Wildman–Crippen LogP) is 4.95. The molecule has 0 bridgehead atoms. The van der Waals surface area contributed by atoms with Crippen LogP contribution in [0.25, 0.3) is 11.3 Å². The highest BCUT2D eigenvalue weighted by atomic mass is 16.5. The maximum Gasteiger partial charge on any atom is 0.255 e. The zero-order valence-corrected chi connectivity index (χ0v) is 33.5. The van der Waals surface area contributed by atoms with E-state index in [2.05, 4.69) is 74.5 Å². The van der Waals surface area contributed by atoms with Crippen molar-refractivity contribution in [1.82, 2.24) is 30.3 Å². The number of imide groups is 1. The average Bonchev–Trinajstić information content (AvgIpc) is 3.78. The fourth-order valence-corrected chi connectivity index (χ4v) is 9.32. The van der Waals surface area contributed by atoms with Gasteiger partial charge in [-0.25, -0.2) is 4.98 Å². The number of rotatable bonds is 11. The number of pyridine rings is 1. The summed E-state index contributed by atoms with van der Waals surface area (Å²) in [6, 6.07) is 17.8. The van der Waals surface area contributed by atoms with E-state index in [-0.39, 0.29) is 35.8 Å². The second-order valence-electron chi connectivity index (χ2n) is 16.3. The first-order chi connectivity index (χ1) is 28.2. The normalized spacial score (nSPS) is 22.9. The molecule has 0 aliphatic carbocycles. The van der Waals surface area contributed by atoms with Crippen LogP contribution in [0.5, 0.6) is 11.6 Å². The summed E-state index contributed by atoms with van der Waals surface area (Å²) in [7, 11) is 0. The van der Waals surface area contributed by atoms with Gasteiger partial charge in [0.1, 0.15) is 17.9 Å². The van der Waals surface area contributed by atoms with Crippen LogP contribution in [-0.4, -0.2) is 106 Å². The van der Waals surface area contributed by atoms with E-state index in [1.807, 2.05) is 42.6 Å². The number of fused-ring (bicyclic) bond motifs is 4. The van der Waals surface area contributed by atoms with Crippen molar-refractivity contribution in [2.75, 3.05) is 61.0 Å². The Labute approximate surface area is 338 Å². The number of nitrogens with one attached hydrogen (secondary N) is 2. The fourth-order valence-electron chi connectivity index (χ4n) is 9.32. The van der Waals surface area contributed by atoms with Crippen molar-refractivity contribution in [3.05, 3.63) is 83.0 Å². The maximum atomic E-state index is 13.4. The second kappa shape index (κ2) is 15.5. The molecule has 9 rings (SSSR count). The predicted molar refractivity (Wildman–Crippen MR) is 220 cm³/mol. The van der Waals surface area contributed by atoms with Gasteiger partial charge < -0.3 is 29.5 Å². The molecule has 14 heteroatoms. The van der Waals surface area contributed by atoms with Gasteiger partial charge in [0.05, 0.1) is 30.1 Å². The third-order valence-electron chi connectivity index (χ3n) is 12.5. The molecule has 0 radical (unpaired) electrons. The second-order valence-corrected chi connectivity index (χ2v) is 16.3. The lowest BCUT2D eigenvalue weighted by Crippen LogP contribution is -2.52. The number of nitrogens with zero attached hydrogens (tertiary/aromatic N) is 7. The summed E-state index contributed by atoms with van der Waals surface area (Å²) < 4.78 is 12.8. The van der Waals surface area contributed by atoms with E-state index in [1.165, 1.54) is 0 Å². The zero-order chi connectivity index (χ0) is 40.0. The summed E-state index contributed by atoms with van der Waals surface area (Å²) in [5, 5.41) is 15.2. The van der Waals surface area contributed by atoms with Gasteiger partial charge in [-0.2, -0.15) is 0 Å². The van der Waals surface area contributed by atoms with Crippen molar-refractivity contribution < 1.29 is 23.9 Å². The number of carbonyl (C=O) groups is 3. The Hall–Kier alpha value is -5.76. The van der Waals surface area contributed by atoms with Gasteiger partial charge in [0.2, 0.25) is 17.7 Å². The number of aryl methyl sites for hydroxylation is 1. The summed E-state index contributed by atoms with van der Waals surface area (Å²) >= 11 is 0. The zero-order valence-electron chi connectivity index (χ0n) is 33.5. The van der Waals surface area contributed by atoms with Gasteiger partial charge in [0.25, 0.3) is 5.91 Å². The number of piperidine rings is 1. The van der Waals surface area contributed by atoms with Crippen LogP contribution >= 0.6 is 0 Å². The number of hydrogen-bond acceptors (Lipinski definition) is 12. The maximum absolute atomic E-state index is 13.4. The van der Waals surface area contributed by atoms with Crippen LogP contribution in [0.1, 0.15) is 73.0 Å². The highest BCUT2D eigenvalue weighted by Gasteiger charge is 2.49. The molecule has 0 saturated carbocycles. The summed E-state index contributed by atoms with van der Waals surface area (Å²) in [6.45, 7) is 13.2. The highest BCUT2D eigenvalue weighted by molar-refractivity contribution is 6.05. The number of hydrogen-bond donors (Lipinski definition) is 2.